The molecule has 0 saturated carbocycles. The third kappa shape index (κ3) is 2.21. The Morgan fingerprint density at radius 3 is 2.67 bits per heavy atom. The van der Waals surface area contributed by atoms with E-state index < -0.39 is 5.97 Å². The summed E-state index contributed by atoms with van der Waals surface area (Å²) in [6.45, 7) is 3.99. The number of carboxylic acids is 1. The maximum Gasteiger partial charge on any atom is 0.353 e. The lowest BCUT2D eigenvalue weighted by atomic mass is 9.79. The molecule has 110 valence electrons. The number of carbonyl (C=O) groups excluding carboxylic acids is 1. The maximum absolute atomic E-state index is 12.2. The van der Waals surface area contributed by atoms with Crippen LogP contribution in [0.5, 0.6) is 0 Å². The zero-order valence-electron chi connectivity index (χ0n) is 11.7. The van der Waals surface area contributed by atoms with Crippen molar-refractivity contribution in [3.05, 3.63) is 29.3 Å². The molecule has 0 radical (unpaired) electrons. The maximum atomic E-state index is 12.2. The third-order valence-corrected chi connectivity index (χ3v) is 4.92. The molecule has 0 bridgehead atoms. The highest BCUT2D eigenvalue weighted by Gasteiger charge is 2.55. The lowest BCUT2D eigenvalue weighted by Crippen LogP contribution is -2.60. The van der Waals surface area contributed by atoms with E-state index in [0.717, 1.165) is 4.90 Å². The quantitative estimate of drug-likeness (QED) is 0.853. The molecule has 1 fully saturated rings. The van der Waals surface area contributed by atoms with E-state index in [1.807, 2.05) is 13.8 Å². The monoisotopic (exact) mass is 305 g/mol. The van der Waals surface area contributed by atoms with Crippen molar-refractivity contribution in [3.8, 4) is 0 Å². The van der Waals surface area contributed by atoms with Gasteiger partial charge >= 0.3 is 5.97 Å². The van der Waals surface area contributed by atoms with Gasteiger partial charge in [0.25, 0.3) is 0 Å². The molecule has 2 atom stereocenters. The highest BCUT2D eigenvalue weighted by Crippen LogP contribution is 2.49. The lowest BCUT2D eigenvalue weighted by Gasteiger charge is -2.45. The second-order valence-corrected chi connectivity index (χ2v) is 6.67. The topological polar surface area (TPSA) is 83.4 Å². The van der Waals surface area contributed by atoms with Crippen LogP contribution in [0.4, 0.5) is 0 Å². The minimum absolute atomic E-state index is 0.0178. The first-order valence-corrected chi connectivity index (χ1v) is 7.54. The van der Waals surface area contributed by atoms with Gasteiger partial charge in [0, 0.05) is 28.6 Å². The molecule has 2 unspecified atom stereocenters. The highest BCUT2D eigenvalue weighted by molar-refractivity contribution is 8.03. The zero-order valence-corrected chi connectivity index (χ0v) is 12.5. The summed E-state index contributed by atoms with van der Waals surface area (Å²) < 4.78 is 0. The Morgan fingerprint density at radius 2 is 2.10 bits per heavy atom. The SMILES string of the molecule is CC(C)C1C(=O)N2C(C(=O)O)=C(Sc3cncnc3)CC12. The van der Waals surface area contributed by atoms with Gasteiger partial charge in [0.15, 0.2) is 0 Å². The number of aliphatic carboxylic acids is 1. The zero-order chi connectivity index (χ0) is 15.1. The summed E-state index contributed by atoms with van der Waals surface area (Å²) in [7, 11) is 0. The van der Waals surface area contributed by atoms with Crippen molar-refractivity contribution in [2.24, 2.45) is 11.8 Å². The summed E-state index contributed by atoms with van der Waals surface area (Å²) in [5.74, 6) is -0.984. The number of hydrogen-bond donors (Lipinski definition) is 1. The van der Waals surface area contributed by atoms with Gasteiger partial charge in [-0.15, -0.1) is 0 Å². The summed E-state index contributed by atoms with van der Waals surface area (Å²) in [6, 6.07) is -0.0178. The van der Waals surface area contributed by atoms with Gasteiger partial charge in [0.1, 0.15) is 12.0 Å². The minimum atomic E-state index is -1.05. The summed E-state index contributed by atoms with van der Waals surface area (Å²) in [6.07, 6.45) is 5.30. The molecule has 1 saturated heterocycles. The van der Waals surface area contributed by atoms with Crippen LogP contribution in [0.1, 0.15) is 20.3 Å². The predicted octanol–water partition coefficient (Wildman–Crippen LogP) is 1.75. The number of rotatable bonds is 4. The van der Waals surface area contributed by atoms with Gasteiger partial charge in [-0.05, 0) is 5.92 Å². The van der Waals surface area contributed by atoms with Gasteiger partial charge < -0.3 is 10.0 Å². The van der Waals surface area contributed by atoms with Crippen molar-refractivity contribution in [3.63, 3.8) is 0 Å². The molecule has 0 aromatic carbocycles. The fraction of sp³-hybridized carbons (Fsp3) is 0.429. The van der Waals surface area contributed by atoms with Crippen molar-refractivity contribution in [1.82, 2.24) is 14.9 Å². The molecule has 1 N–H and O–H groups in total. The number of aromatic nitrogens is 2. The van der Waals surface area contributed by atoms with Crippen molar-refractivity contribution >= 4 is 23.6 Å². The normalized spacial score (nSPS) is 24.3. The van der Waals surface area contributed by atoms with Gasteiger partial charge in [-0.25, -0.2) is 14.8 Å². The van der Waals surface area contributed by atoms with E-state index in [2.05, 4.69) is 9.97 Å². The molecule has 7 heteroatoms. The van der Waals surface area contributed by atoms with Crippen molar-refractivity contribution in [1.29, 1.82) is 0 Å². The van der Waals surface area contributed by atoms with Crippen LogP contribution in [0.25, 0.3) is 0 Å². The molecule has 1 aromatic heterocycles. The molecule has 21 heavy (non-hydrogen) atoms. The van der Waals surface area contributed by atoms with E-state index in [0.29, 0.717) is 11.3 Å². The number of amides is 1. The third-order valence-electron chi connectivity index (χ3n) is 3.87. The van der Waals surface area contributed by atoms with E-state index in [9.17, 15) is 14.7 Å². The van der Waals surface area contributed by atoms with Gasteiger partial charge in [0.05, 0.1) is 12.0 Å². The van der Waals surface area contributed by atoms with Crippen LogP contribution in [0, 0.1) is 11.8 Å². The van der Waals surface area contributed by atoms with Crippen LogP contribution in [0.15, 0.2) is 34.2 Å². The van der Waals surface area contributed by atoms with Gasteiger partial charge in [-0.1, -0.05) is 25.6 Å². The van der Waals surface area contributed by atoms with Crippen LogP contribution in [0.3, 0.4) is 0 Å². The summed E-state index contributed by atoms with van der Waals surface area (Å²) in [4.78, 5) is 34.5. The first-order valence-electron chi connectivity index (χ1n) is 6.73. The molecule has 1 aromatic rings. The van der Waals surface area contributed by atoms with Gasteiger partial charge in [-0.3, -0.25) is 4.79 Å². The molecule has 0 aliphatic carbocycles. The Hall–Kier alpha value is -1.89. The molecule has 2 aliphatic heterocycles. The Morgan fingerprint density at radius 1 is 1.43 bits per heavy atom. The average molecular weight is 305 g/mol. The Kier molecular flexibility index (Phi) is 3.44. The standard InChI is InChI=1S/C14H15N3O3S/c1-7(2)11-9-3-10(21-8-4-15-6-16-5-8)12(14(19)20)17(9)13(11)18/h4-7,9,11H,3H2,1-2H3,(H,19,20). The first kappa shape index (κ1) is 14.1. The minimum Gasteiger partial charge on any atom is -0.477 e. The molecule has 1 amide bonds. The van der Waals surface area contributed by atoms with Crippen molar-refractivity contribution in [2.75, 3.05) is 0 Å². The fourth-order valence-electron chi connectivity index (χ4n) is 3.00. The molecular formula is C14H15N3O3S. The summed E-state index contributed by atoms with van der Waals surface area (Å²) >= 11 is 1.33. The highest BCUT2D eigenvalue weighted by atomic mass is 32.2. The molecule has 3 heterocycles. The predicted molar refractivity (Wildman–Crippen MR) is 76.1 cm³/mol. The van der Waals surface area contributed by atoms with Gasteiger partial charge in [0.2, 0.25) is 5.91 Å². The number of fused-ring (bicyclic) bond motifs is 1. The molecule has 3 rings (SSSR count). The number of carboxylic acid groups (broad SMARTS) is 1. The Labute approximate surface area is 126 Å². The number of nitrogens with zero attached hydrogens (tertiary/aromatic N) is 3. The Balaban J connectivity index is 1.89. The summed E-state index contributed by atoms with van der Waals surface area (Å²) in [5.41, 5.74) is 0.121. The van der Waals surface area contributed by atoms with Crippen LogP contribution in [-0.2, 0) is 9.59 Å². The largest absolute Gasteiger partial charge is 0.477 e. The number of hydrogen-bond acceptors (Lipinski definition) is 5. The Bertz CT molecular complexity index is 630. The van der Waals surface area contributed by atoms with E-state index in [4.69, 9.17) is 0 Å². The average Bonchev–Trinajstić information content (AvgIpc) is 2.74. The molecule has 2 aliphatic rings. The van der Waals surface area contributed by atoms with Crippen molar-refractivity contribution < 1.29 is 14.7 Å². The second kappa shape index (κ2) is 5.14. The van der Waals surface area contributed by atoms with E-state index >= 15 is 0 Å². The molecular weight excluding hydrogens is 290 g/mol. The van der Waals surface area contributed by atoms with E-state index in [1.165, 1.54) is 23.0 Å². The second-order valence-electron chi connectivity index (χ2n) is 5.50. The van der Waals surface area contributed by atoms with E-state index in [1.54, 1.807) is 12.4 Å². The van der Waals surface area contributed by atoms with E-state index in [-0.39, 0.29) is 29.5 Å². The number of thioether (sulfide) groups is 1. The molecule has 6 nitrogen and oxygen atoms in total. The lowest BCUT2D eigenvalue weighted by molar-refractivity contribution is -0.157. The molecule has 0 spiro atoms. The first-order chi connectivity index (χ1) is 10.0. The van der Waals surface area contributed by atoms with Crippen molar-refractivity contribution in [2.45, 2.75) is 31.2 Å². The number of carbonyl (C=O) groups is 2. The number of β-lactam (4-membered cyclic amide) rings is 1. The van der Waals surface area contributed by atoms with Crippen LogP contribution in [-0.4, -0.2) is 37.9 Å². The van der Waals surface area contributed by atoms with Crippen LogP contribution in [0.2, 0.25) is 0 Å². The van der Waals surface area contributed by atoms with Crippen LogP contribution >= 0.6 is 11.8 Å². The fourth-order valence-corrected chi connectivity index (χ4v) is 4.05. The van der Waals surface area contributed by atoms with Crippen LogP contribution < -0.4 is 0 Å². The smallest absolute Gasteiger partial charge is 0.353 e. The summed E-state index contributed by atoms with van der Waals surface area (Å²) in [5, 5.41) is 9.43. The van der Waals surface area contributed by atoms with Gasteiger partial charge in [-0.2, -0.15) is 0 Å².